The largest absolute Gasteiger partial charge is 0.416 e. The molecule has 1 amide bonds. The van der Waals surface area contributed by atoms with Gasteiger partial charge in [0.25, 0.3) is 0 Å². The van der Waals surface area contributed by atoms with Gasteiger partial charge >= 0.3 is 6.18 Å². The van der Waals surface area contributed by atoms with Crippen LogP contribution >= 0.6 is 11.6 Å². The first-order chi connectivity index (χ1) is 14.1. The standard InChI is InChI=1S/C23H24ClF3N2O/c1-14-9-16(11-17(10-14)23(25,26)27)19-13-20(19)22(30)29-7-5-28(6-8-29)21-12-18(24)4-3-15(21)2/h3-4,9-12,19-20H,5-8,13H2,1-2H3/t19?,20-/m0/s1. The van der Waals surface area contributed by atoms with E-state index in [2.05, 4.69) is 4.90 Å². The van der Waals surface area contributed by atoms with E-state index >= 15 is 0 Å². The van der Waals surface area contributed by atoms with Gasteiger partial charge in [-0.1, -0.05) is 29.3 Å². The van der Waals surface area contributed by atoms with E-state index in [-0.39, 0.29) is 17.7 Å². The molecule has 1 aliphatic heterocycles. The highest BCUT2D eigenvalue weighted by atomic mass is 35.5. The number of nitrogens with zero attached hydrogens (tertiary/aromatic N) is 2. The molecule has 3 nitrogen and oxygen atoms in total. The van der Waals surface area contributed by atoms with E-state index in [1.165, 1.54) is 6.07 Å². The molecule has 7 heteroatoms. The Morgan fingerprint density at radius 2 is 1.73 bits per heavy atom. The molecule has 1 heterocycles. The lowest BCUT2D eigenvalue weighted by molar-refractivity contribution is -0.137. The molecule has 30 heavy (non-hydrogen) atoms. The van der Waals surface area contributed by atoms with Crippen LogP contribution in [-0.4, -0.2) is 37.0 Å². The van der Waals surface area contributed by atoms with Gasteiger partial charge in [0.1, 0.15) is 0 Å². The molecule has 1 unspecified atom stereocenters. The average molecular weight is 437 g/mol. The summed E-state index contributed by atoms with van der Waals surface area (Å²) in [6.45, 7) is 6.34. The maximum atomic E-state index is 13.1. The molecule has 2 aromatic rings. The number of amides is 1. The molecule has 2 aromatic carbocycles. The number of carbonyl (C=O) groups is 1. The number of hydrogen-bond acceptors (Lipinski definition) is 2. The predicted molar refractivity (Wildman–Crippen MR) is 112 cm³/mol. The number of halogens is 4. The summed E-state index contributed by atoms with van der Waals surface area (Å²) in [7, 11) is 0. The van der Waals surface area contributed by atoms with E-state index in [9.17, 15) is 18.0 Å². The van der Waals surface area contributed by atoms with E-state index < -0.39 is 11.7 Å². The Kier molecular flexibility index (Phi) is 5.47. The zero-order valence-electron chi connectivity index (χ0n) is 17.0. The van der Waals surface area contributed by atoms with Crippen molar-refractivity contribution >= 4 is 23.2 Å². The number of carbonyl (C=O) groups excluding carboxylic acids is 1. The molecule has 0 spiro atoms. The summed E-state index contributed by atoms with van der Waals surface area (Å²) < 4.78 is 39.4. The van der Waals surface area contributed by atoms with Gasteiger partial charge in [-0.15, -0.1) is 0 Å². The molecule has 0 bridgehead atoms. The summed E-state index contributed by atoms with van der Waals surface area (Å²) in [4.78, 5) is 17.0. The van der Waals surface area contributed by atoms with Crippen LogP contribution < -0.4 is 4.90 Å². The summed E-state index contributed by atoms with van der Waals surface area (Å²) in [5, 5.41) is 0.686. The fourth-order valence-electron chi connectivity index (χ4n) is 4.35. The van der Waals surface area contributed by atoms with Gasteiger partial charge in [0.15, 0.2) is 0 Å². The maximum Gasteiger partial charge on any atom is 0.416 e. The van der Waals surface area contributed by atoms with Gasteiger partial charge in [-0.2, -0.15) is 13.2 Å². The fraction of sp³-hybridized carbons (Fsp3) is 0.435. The second-order valence-electron chi connectivity index (χ2n) is 8.32. The Bertz CT molecular complexity index is 967. The van der Waals surface area contributed by atoms with Crippen LogP contribution in [0.4, 0.5) is 18.9 Å². The van der Waals surface area contributed by atoms with E-state index in [4.69, 9.17) is 11.6 Å². The number of anilines is 1. The van der Waals surface area contributed by atoms with Gasteiger partial charge in [-0.25, -0.2) is 0 Å². The number of rotatable bonds is 3. The minimum absolute atomic E-state index is 0.0533. The van der Waals surface area contributed by atoms with Gasteiger partial charge in [0.05, 0.1) is 5.56 Å². The molecule has 1 aliphatic carbocycles. The first kappa shape index (κ1) is 21.0. The minimum Gasteiger partial charge on any atom is -0.368 e. The number of piperazine rings is 1. The molecule has 160 valence electrons. The first-order valence-corrected chi connectivity index (χ1v) is 10.5. The van der Waals surface area contributed by atoms with Crippen molar-refractivity contribution < 1.29 is 18.0 Å². The van der Waals surface area contributed by atoms with Gasteiger partial charge in [-0.3, -0.25) is 4.79 Å². The molecular weight excluding hydrogens is 413 g/mol. The second kappa shape index (κ2) is 7.80. The van der Waals surface area contributed by atoms with Crippen LogP contribution in [0.1, 0.15) is 34.6 Å². The first-order valence-electron chi connectivity index (χ1n) is 10.1. The van der Waals surface area contributed by atoms with Gasteiger partial charge in [-0.05, 0) is 61.6 Å². The highest BCUT2D eigenvalue weighted by molar-refractivity contribution is 6.30. The van der Waals surface area contributed by atoms with Crippen molar-refractivity contribution in [3.8, 4) is 0 Å². The van der Waals surface area contributed by atoms with Gasteiger partial charge in [0.2, 0.25) is 5.91 Å². The summed E-state index contributed by atoms with van der Waals surface area (Å²) in [5.41, 5.74) is 2.78. The molecule has 0 radical (unpaired) electrons. The van der Waals surface area contributed by atoms with Crippen molar-refractivity contribution in [2.75, 3.05) is 31.1 Å². The Labute approximate surface area is 179 Å². The second-order valence-corrected chi connectivity index (χ2v) is 8.76. The van der Waals surface area contributed by atoms with Crippen molar-refractivity contribution in [1.82, 2.24) is 4.90 Å². The Balaban J connectivity index is 1.40. The third kappa shape index (κ3) is 4.29. The molecule has 0 aromatic heterocycles. The molecule has 2 fully saturated rings. The van der Waals surface area contributed by atoms with Crippen LogP contribution in [0.15, 0.2) is 36.4 Å². The predicted octanol–water partition coefficient (Wildman–Crippen LogP) is 5.43. The zero-order chi connectivity index (χ0) is 21.6. The number of aryl methyl sites for hydroxylation is 2. The normalized spacial score (nSPS) is 21.7. The molecule has 0 N–H and O–H groups in total. The SMILES string of the molecule is Cc1cc(C2C[C@@H]2C(=O)N2CCN(c3cc(Cl)ccc3C)CC2)cc(C(F)(F)F)c1. The van der Waals surface area contributed by atoms with Crippen LogP contribution in [0.3, 0.4) is 0 Å². The van der Waals surface area contributed by atoms with Crippen molar-refractivity contribution in [3.63, 3.8) is 0 Å². The molecule has 2 atom stereocenters. The minimum atomic E-state index is -4.37. The van der Waals surface area contributed by atoms with Crippen molar-refractivity contribution in [2.45, 2.75) is 32.4 Å². The molecule has 1 saturated carbocycles. The highest BCUT2D eigenvalue weighted by Gasteiger charge is 2.47. The summed E-state index contributed by atoms with van der Waals surface area (Å²) in [6, 6.07) is 9.92. The van der Waals surface area contributed by atoms with Gasteiger partial charge in [0, 0.05) is 42.8 Å². The van der Waals surface area contributed by atoms with Crippen LogP contribution in [-0.2, 0) is 11.0 Å². The highest BCUT2D eigenvalue weighted by Crippen LogP contribution is 2.49. The number of benzene rings is 2. The van der Waals surface area contributed by atoms with Crippen molar-refractivity contribution in [2.24, 2.45) is 5.92 Å². The lowest BCUT2D eigenvalue weighted by atomic mass is 10.0. The van der Waals surface area contributed by atoms with Crippen molar-refractivity contribution in [1.29, 1.82) is 0 Å². The topological polar surface area (TPSA) is 23.6 Å². The van der Waals surface area contributed by atoms with Crippen LogP contribution in [0.5, 0.6) is 0 Å². The lowest BCUT2D eigenvalue weighted by Gasteiger charge is -2.37. The summed E-state index contributed by atoms with van der Waals surface area (Å²) in [6.07, 6.45) is -3.75. The molecular formula is C23H24ClF3N2O. The Hall–Kier alpha value is -2.21. The maximum absolute atomic E-state index is 13.1. The fourth-order valence-corrected chi connectivity index (χ4v) is 4.52. The zero-order valence-corrected chi connectivity index (χ0v) is 17.7. The molecule has 4 rings (SSSR count). The van der Waals surface area contributed by atoms with E-state index in [0.29, 0.717) is 48.7 Å². The van der Waals surface area contributed by atoms with Crippen LogP contribution in [0, 0.1) is 19.8 Å². The van der Waals surface area contributed by atoms with E-state index in [0.717, 1.165) is 17.3 Å². The average Bonchev–Trinajstić information content (AvgIpc) is 3.49. The van der Waals surface area contributed by atoms with Crippen LogP contribution in [0.2, 0.25) is 5.02 Å². The lowest BCUT2D eigenvalue weighted by Crippen LogP contribution is -2.49. The van der Waals surface area contributed by atoms with Gasteiger partial charge < -0.3 is 9.80 Å². The smallest absolute Gasteiger partial charge is 0.368 e. The number of hydrogen-bond donors (Lipinski definition) is 0. The third-order valence-corrected chi connectivity index (χ3v) is 6.30. The Morgan fingerprint density at radius 3 is 2.40 bits per heavy atom. The van der Waals surface area contributed by atoms with Crippen LogP contribution in [0.25, 0.3) is 0 Å². The van der Waals surface area contributed by atoms with E-state index in [1.54, 1.807) is 13.0 Å². The quantitative estimate of drug-likeness (QED) is 0.640. The number of alkyl halides is 3. The summed E-state index contributed by atoms with van der Waals surface area (Å²) in [5.74, 6) is -0.281. The third-order valence-electron chi connectivity index (χ3n) is 6.07. The molecule has 1 saturated heterocycles. The Morgan fingerprint density at radius 1 is 1.03 bits per heavy atom. The van der Waals surface area contributed by atoms with Crippen molar-refractivity contribution in [3.05, 3.63) is 63.7 Å². The molecule has 2 aliphatic rings. The monoisotopic (exact) mass is 436 g/mol. The summed E-state index contributed by atoms with van der Waals surface area (Å²) >= 11 is 6.13. The van der Waals surface area contributed by atoms with E-state index in [1.807, 2.05) is 30.0 Å².